The standard InChI is InChI=1S/C11H22BrN/c1-3-11(4-2)6-9-13(10-11)8-5-7-12/h3-10H2,1-2H3. The summed E-state index contributed by atoms with van der Waals surface area (Å²) in [5, 5.41) is 1.15. The van der Waals surface area contributed by atoms with Crippen LogP contribution in [0.5, 0.6) is 0 Å². The first-order valence-electron chi connectivity index (χ1n) is 5.54. The lowest BCUT2D eigenvalue weighted by Gasteiger charge is -2.26. The SMILES string of the molecule is CCC1(CC)CCN(CCCBr)C1. The maximum absolute atomic E-state index is 3.49. The summed E-state index contributed by atoms with van der Waals surface area (Å²) in [6, 6.07) is 0. The topological polar surface area (TPSA) is 3.24 Å². The van der Waals surface area contributed by atoms with Crippen molar-refractivity contribution in [2.45, 2.75) is 39.5 Å². The summed E-state index contributed by atoms with van der Waals surface area (Å²) in [6.07, 6.45) is 5.43. The lowest BCUT2D eigenvalue weighted by Crippen LogP contribution is -2.27. The van der Waals surface area contributed by atoms with Gasteiger partial charge in [-0.3, -0.25) is 0 Å². The molecular formula is C11H22BrN. The summed E-state index contributed by atoms with van der Waals surface area (Å²) in [5.41, 5.74) is 0.659. The van der Waals surface area contributed by atoms with E-state index in [1.165, 1.54) is 45.3 Å². The Bertz CT molecular complexity index is 143. The predicted molar refractivity (Wildman–Crippen MR) is 62.5 cm³/mol. The van der Waals surface area contributed by atoms with Crippen LogP contribution in [0.4, 0.5) is 0 Å². The van der Waals surface area contributed by atoms with Gasteiger partial charge in [-0.15, -0.1) is 0 Å². The third kappa shape index (κ3) is 2.95. The first-order valence-corrected chi connectivity index (χ1v) is 6.67. The van der Waals surface area contributed by atoms with E-state index in [2.05, 4.69) is 34.7 Å². The molecule has 0 N–H and O–H groups in total. The monoisotopic (exact) mass is 247 g/mol. The van der Waals surface area contributed by atoms with E-state index in [-0.39, 0.29) is 0 Å². The molecule has 78 valence electrons. The molecule has 2 heteroatoms. The molecule has 1 fully saturated rings. The van der Waals surface area contributed by atoms with Gasteiger partial charge < -0.3 is 4.90 Å². The summed E-state index contributed by atoms with van der Waals surface area (Å²) < 4.78 is 0. The molecule has 0 aromatic carbocycles. The van der Waals surface area contributed by atoms with E-state index >= 15 is 0 Å². The van der Waals surface area contributed by atoms with Gasteiger partial charge in [0.05, 0.1) is 0 Å². The normalized spacial score (nSPS) is 22.4. The highest BCUT2D eigenvalue weighted by Crippen LogP contribution is 2.36. The fourth-order valence-electron chi connectivity index (χ4n) is 2.33. The van der Waals surface area contributed by atoms with E-state index in [9.17, 15) is 0 Å². The molecule has 0 aromatic rings. The van der Waals surface area contributed by atoms with Crippen LogP contribution in [0.2, 0.25) is 0 Å². The van der Waals surface area contributed by atoms with E-state index in [1.54, 1.807) is 0 Å². The molecule has 1 heterocycles. The average molecular weight is 248 g/mol. The van der Waals surface area contributed by atoms with Crippen LogP contribution in [0.25, 0.3) is 0 Å². The molecule has 0 bridgehead atoms. The van der Waals surface area contributed by atoms with Crippen LogP contribution in [0.1, 0.15) is 39.5 Å². The Morgan fingerprint density at radius 2 is 2.00 bits per heavy atom. The van der Waals surface area contributed by atoms with E-state index < -0.39 is 0 Å². The average Bonchev–Trinajstić information content (AvgIpc) is 2.59. The summed E-state index contributed by atoms with van der Waals surface area (Å²) in [6.45, 7) is 8.64. The van der Waals surface area contributed by atoms with Crippen LogP contribution in [0, 0.1) is 5.41 Å². The van der Waals surface area contributed by atoms with Gasteiger partial charge in [0.25, 0.3) is 0 Å². The van der Waals surface area contributed by atoms with Crippen LogP contribution in [-0.4, -0.2) is 29.9 Å². The minimum atomic E-state index is 0.659. The van der Waals surface area contributed by atoms with Crippen LogP contribution < -0.4 is 0 Å². The minimum absolute atomic E-state index is 0.659. The van der Waals surface area contributed by atoms with Crippen LogP contribution in [-0.2, 0) is 0 Å². The van der Waals surface area contributed by atoms with E-state index in [4.69, 9.17) is 0 Å². The highest BCUT2D eigenvalue weighted by molar-refractivity contribution is 9.09. The molecule has 0 amide bonds. The maximum atomic E-state index is 3.49. The molecule has 1 aliphatic heterocycles. The molecule has 0 unspecified atom stereocenters. The van der Waals surface area contributed by atoms with E-state index in [0.717, 1.165) is 5.33 Å². The summed E-state index contributed by atoms with van der Waals surface area (Å²) in [7, 11) is 0. The Morgan fingerprint density at radius 3 is 2.46 bits per heavy atom. The van der Waals surface area contributed by atoms with Crippen molar-refractivity contribution in [1.29, 1.82) is 0 Å². The molecule has 0 spiro atoms. The molecule has 13 heavy (non-hydrogen) atoms. The van der Waals surface area contributed by atoms with Crippen LogP contribution in [0.15, 0.2) is 0 Å². The van der Waals surface area contributed by atoms with Gasteiger partial charge in [-0.2, -0.15) is 0 Å². The third-order valence-electron chi connectivity index (χ3n) is 3.63. The van der Waals surface area contributed by atoms with Gasteiger partial charge >= 0.3 is 0 Å². The molecule has 0 atom stereocenters. The van der Waals surface area contributed by atoms with Crippen molar-refractivity contribution in [3.8, 4) is 0 Å². The van der Waals surface area contributed by atoms with E-state index in [0.29, 0.717) is 5.41 Å². The molecule has 0 aliphatic carbocycles. The predicted octanol–water partition coefficient (Wildman–Crippen LogP) is 3.28. The largest absolute Gasteiger partial charge is 0.303 e. The number of rotatable bonds is 5. The minimum Gasteiger partial charge on any atom is -0.303 e. The smallest absolute Gasteiger partial charge is 0.00434 e. The zero-order valence-electron chi connectivity index (χ0n) is 8.98. The summed E-state index contributed by atoms with van der Waals surface area (Å²) in [4.78, 5) is 2.63. The van der Waals surface area contributed by atoms with Crippen LogP contribution >= 0.6 is 15.9 Å². The second kappa shape index (κ2) is 5.35. The van der Waals surface area contributed by atoms with Crippen LogP contribution in [0.3, 0.4) is 0 Å². The highest BCUT2D eigenvalue weighted by Gasteiger charge is 2.34. The van der Waals surface area contributed by atoms with Gasteiger partial charge in [-0.25, -0.2) is 0 Å². The number of halogens is 1. The molecule has 1 aliphatic rings. The Hall–Kier alpha value is 0.440. The number of nitrogens with zero attached hydrogens (tertiary/aromatic N) is 1. The molecule has 1 rings (SSSR count). The third-order valence-corrected chi connectivity index (χ3v) is 4.19. The van der Waals surface area contributed by atoms with Crippen molar-refractivity contribution in [1.82, 2.24) is 4.90 Å². The molecule has 0 radical (unpaired) electrons. The van der Waals surface area contributed by atoms with Gasteiger partial charge in [0.2, 0.25) is 0 Å². The van der Waals surface area contributed by atoms with Gasteiger partial charge in [-0.05, 0) is 44.2 Å². The number of hydrogen-bond acceptors (Lipinski definition) is 1. The Balaban J connectivity index is 2.33. The maximum Gasteiger partial charge on any atom is 0.00434 e. The van der Waals surface area contributed by atoms with Crippen molar-refractivity contribution in [2.24, 2.45) is 5.41 Å². The van der Waals surface area contributed by atoms with Crippen molar-refractivity contribution < 1.29 is 0 Å². The lowest BCUT2D eigenvalue weighted by atomic mass is 9.82. The first kappa shape index (κ1) is 11.5. The number of likely N-dealkylation sites (tertiary alicyclic amines) is 1. The van der Waals surface area contributed by atoms with Gasteiger partial charge in [0.1, 0.15) is 0 Å². The van der Waals surface area contributed by atoms with Crippen molar-refractivity contribution in [3.05, 3.63) is 0 Å². The molecule has 0 aromatic heterocycles. The summed E-state index contributed by atoms with van der Waals surface area (Å²) >= 11 is 3.49. The lowest BCUT2D eigenvalue weighted by molar-refractivity contribution is 0.241. The Morgan fingerprint density at radius 1 is 1.31 bits per heavy atom. The molecule has 0 saturated carbocycles. The quantitative estimate of drug-likeness (QED) is 0.675. The zero-order chi connectivity index (χ0) is 9.73. The molecule has 1 nitrogen and oxygen atoms in total. The zero-order valence-corrected chi connectivity index (χ0v) is 10.6. The number of alkyl halides is 1. The summed E-state index contributed by atoms with van der Waals surface area (Å²) in [5.74, 6) is 0. The second-order valence-electron chi connectivity index (χ2n) is 4.28. The van der Waals surface area contributed by atoms with Crippen molar-refractivity contribution in [2.75, 3.05) is 25.0 Å². The fraction of sp³-hybridized carbons (Fsp3) is 1.00. The van der Waals surface area contributed by atoms with Gasteiger partial charge in [0, 0.05) is 11.9 Å². The second-order valence-corrected chi connectivity index (χ2v) is 5.07. The first-order chi connectivity index (χ1) is 6.26. The van der Waals surface area contributed by atoms with Gasteiger partial charge in [0.15, 0.2) is 0 Å². The fourth-order valence-corrected chi connectivity index (χ4v) is 2.58. The highest BCUT2D eigenvalue weighted by atomic mass is 79.9. The number of hydrogen-bond donors (Lipinski definition) is 0. The van der Waals surface area contributed by atoms with E-state index in [1.807, 2.05) is 0 Å². The molecular weight excluding hydrogens is 226 g/mol. The van der Waals surface area contributed by atoms with Gasteiger partial charge in [-0.1, -0.05) is 29.8 Å². The Kier molecular flexibility index (Phi) is 4.74. The van der Waals surface area contributed by atoms with Crippen molar-refractivity contribution >= 4 is 15.9 Å². The Labute approximate surface area is 91.0 Å². The molecule has 1 saturated heterocycles. The van der Waals surface area contributed by atoms with Crippen molar-refractivity contribution in [3.63, 3.8) is 0 Å².